The fraction of sp³-hybridized carbons (Fsp3) is 0.725. The van der Waals surface area contributed by atoms with Gasteiger partial charge in [0.15, 0.2) is 0 Å². The molecule has 5 amide bonds. The molecule has 0 radical (unpaired) electrons. The first kappa shape index (κ1) is 47.7. The van der Waals surface area contributed by atoms with Crippen molar-refractivity contribution in [1.82, 2.24) is 26.6 Å². The Morgan fingerprint density at radius 3 is 1.79 bits per heavy atom. The highest BCUT2D eigenvalue weighted by molar-refractivity contribution is 7.98. The number of nitrogens with one attached hydrogen (secondary N) is 5. The zero-order chi connectivity index (χ0) is 40.5. The van der Waals surface area contributed by atoms with Gasteiger partial charge in [-0.25, -0.2) is 4.79 Å². The summed E-state index contributed by atoms with van der Waals surface area (Å²) >= 11 is 1.53. The molecule has 0 aliphatic carbocycles. The van der Waals surface area contributed by atoms with Crippen LogP contribution in [-0.2, 0) is 30.5 Å². The Kier molecular flexibility index (Phi) is 21.1. The van der Waals surface area contributed by atoms with Crippen LogP contribution in [0.15, 0.2) is 30.3 Å². The molecule has 0 saturated carbocycles. The van der Waals surface area contributed by atoms with Crippen LogP contribution in [0, 0.1) is 29.6 Å². The number of aliphatic hydroxyl groups is 1. The highest BCUT2D eigenvalue weighted by Crippen LogP contribution is 2.23. The molecule has 0 fully saturated rings. The predicted molar refractivity (Wildman–Crippen MR) is 213 cm³/mol. The van der Waals surface area contributed by atoms with E-state index in [2.05, 4.69) is 26.6 Å². The van der Waals surface area contributed by atoms with Crippen molar-refractivity contribution in [2.24, 2.45) is 29.6 Å². The van der Waals surface area contributed by atoms with E-state index in [-0.39, 0.29) is 41.9 Å². The number of rotatable bonds is 22. The van der Waals surface area contributed by atoms with E-state index in [1.54, 1.807) is 34.6 Å². The zero-order valence-electron chi connectivity index (χ0n) is 34.2. The van der Waals surface area contributed by atoms with Gasteiger partial charge in [0.2, 0.25) is 23.6 Å². The Morgan fingerprint density at radius 2 is 1.28 bits per heavy atom. The highest BCUT2D eigenvalue weighted by atomic mass is 32.2. The number of carbonyl (C=O) groups is 5. The summed E-state index contributed by atoms with van der Waals surface area (Å²) in [6.45, 7) is 20.8. The summed E-state index contributed by atoms with van der Waals surface area (Å²) in [6.07, 6.45) is 1.36. The Balaban J connectivity index is 3.18. The summed E-state index contributed by atoms with van der Waals surface area (Å²) in [5, 5.41) is 26.0. The van der Waals surface area contributed by atoms with Crippen LogP contribution in [0.25, 0.3) is 0 Å². The van der Waals surface area contributed by atoms with Gasteiger partial charge >= 0.3 is 6.09 Å². The van der Waals surface area contributed by atoms with Crippen LogP contribution in [0.2, 0.25) is 0 Å². The fourth-order valence-corrected chi connectivity index (χ4v) is 6.35. The van der Waals surface area contributed by atoms with Crippen LogP contribution in [0.3, 0.4) is 0 Å². The van der Waals surface area contributed by atoms with Crippen LogP contribution in [-0.4, -0.2) is 82.7 Å². The highest BCUT2D eigenvalue weighted by Gasteiger charge is 2.35. The van der Waals surface area contributed by atoms with E-state index < -0.39 is 59.7 Å². The predicted octanol–water partition coefficient (Wildman–Crippen LogP) is 5.18. The molecule has 0 aliphatic rings. The van der Waals surface area contributed by atoms with E-state index >= 15 is 0 Å². The van der Waals surface area contributed by atoms with E-state index in [9.17, 15) is 29.1 Å². The van der Waals surface area contributed by atoms with E-state index in [0.717, 1.165) is 5.56 Å². The first-order chi connectivity index (χ1) is 24.6. The molecular formula is C40H69N5O7S. The monoisotopic (exact) mass is 763 g/mol. The molecule has 6 atom stereocenters. The minimum atomic E-state index is -1.09. The molecule has 0 bridgehead atoms. The van der Waals surface area contributed by atoms with Crippen LogP contribution >= 0.6 is 11.8 Å². The molecular weight excluding hydrogens is 695 g/mol. The third-order valence-electron chi connectivity index (χ3n) is 8.59. The number of alkyl carbamates (subject to hydrolysis) is 1. The molecule has 1 aromatic rings. The topological polar surface area (TPSA) is 175 Å². The van der Waals surface area contributed by atoms with Crippen molar-refractivity contribution in [3.63, 3.8) is 0 Å². The van der Waals surface area contributed by atoms with Crippen LogP contribution in [0.4, 0.5) is 4.79 Å². The smallest absolute Gasteiger partial charge is 0.408 e. The molecule has 13 heteroatoms. The summed E-state index contributed by atoms with van der Waals surface area (Å²) in [7, 11) is 0. The maximum absolute atomic E-state index is 13.9. The van der Waals surface area contributed by atoms with E-state index in [1.807, 2.05) is 78.1 Å². The summed E-state index contributed by atoms with van der Waals surface area (Å²) in [5.41, 5.74) is 0.193. The fourth-order valence-electron chi connectivity index (χ4n) is 5.88. The van der Waals surface area contributed by atoms with Crippen LogP contribution in [0.1, 0.15) is 107 Å². The lowest BCUT2D eigenvalue weighted by Gasteiger charge is -2.32. The van der Waals surface area contributed by atoms with Gasteiger partial charge in [-0.1, -0.05) is 85.7 Å². The van der Waals surface area contributed by atoms with Crippen molar-refractivity contribution < 1.29 is 33.8 Å². The third-order valence-corrected chi connectivity index (χ3v) is 9.24. The molecule has 1 aromatic carbocycles. The molecule has 53 heavy (non-hydrogen) atoms. The molecule has 0 aromatic heterocycles. The Morgan fingerprint density at radius 1 is 0.717 bits per heavy atom. The van der Waals surface area contributed by atoms with Gasteiger partial charge in [-0.3, -0.25) is 19.2 Å². The van der Waals surface area contributed by atoms with Gasteiger partial charge in [0.25, 0.3) is 0 Å². The van der Waals surface area contributed by atoms with Gasteiger partial charge in [-0.15, -0.1) is 0 Å². The average Bonchev–Trinajstić information content (AvgIpc) is 3.04. The molecule has 6 N–H and O–H groups in total. The number of ether oxygens (including phenoxy) is 1. The molecule has 3 unspecified atom stereocenters. The van der Waals surface area contributed by atoms with E-state index in [4.69, 9.17) is 4.74 Å². The standard InChI is InChI=1S/C40H69N5O7S/c1-24(2)20-29(35(47)44-33(26(5)6)37(49)41-23-28-16-14-13-15-17-28)22-32(46)31(21-25(3)4)43-36(48)30(18-19-53-12)42-38(50)34(27(7)8)45-39(51)52-40(9,10)11/h13-17,24-27,29-34,46H,18-23H2,1-12H3,(H,41,49)(H,42,50)(H,43,48)(H,44,47)(H,45,51)/t29?,30?,31-,32?,33-,34-/m0/s1. The van der Waals surface area contributed by atoms with Gasteiger partial charge in [-0.05, 0) is 87.7 Å². The summed E-state index contributed by atoms with van der Waals surface area (Å²) in [6, 6.07) is 6.17. The zero-order valence-corrected chi connectivity index (χ0v) is 35.0. The van der Waals surface area contributed by atoms with E-state index in [0.29, 0.717) is 31.6 Å². The first-order valence-corrected chi connectivity index (χ1v) is 20.4. The van der Waals surface area contributed by atoms with Gasteiger partial charge < -0.3 is 36.4 Å². The van der Waals surface area contributed by atoms with Crippen LogP contribution < -0.4 is 26.6 Å². The second-order valence-electron chi connectivity index (χ2n) is 16.5. The molecule has 302 valence electrons. The van der Waals surface area contributed by atoms with E-state index in [1.165, 1.54) is 11.8 Å². The van der Waals surface area contributed by atoms with Gasteiger partial charge in [0.1, 0.15) is 23.7 Å². The molecule has 1 rings (SSSR count). The van der Waals surface area contributed by atoms with Crippen molar-refractivity contribution in [3.8, 4) is 0 Å². The lowest BCUT2D eigenvalue weighted by Crippen LogP contribution is -2.58. The van der Waals surface area contributed by atoms with Gasteiger partial charge in [0.05, 0.1) is 12.1 Å². The van der Waals surface area contributed by atoms with Crippen molar-refractivity contribution in [2.75, 3.05) is 12.0 Å². The summed E-state index contributed by atoms with van der Waals surface area (Å²) in [5.74, 6) is -1.92. The Bertz CT molecular complexity index is 1290. The number of hydrogen-bond donors (Lipinski definition) is 6. The SMILES string of the molecule is CSCCC(NC(=O)[C@@H](NC(=O)OC(C)(C)C)C(C)C)C(=O)N[C@@H](CC(C)C)C(O)CC(CC(C)C)C(=O)N[C@H](C(=O)NCc1ccccc1)C(C)C. The third kappa shape index (κ3) is 19.0. The summed E-state index contributed by atoms with van der Waals surface area (Å²) < 4.78 is 5.36. The number of thioether (sulfide) groups is 1. The first-order valence-electron chi connectivity index (χ1n) is 19.0. The number of aliphatic hydroxyl groups excluding tert-OH is 1. The second-order valence-corrected chi connectivity index (χ2v) is 17.5. The minimum Gasteiger partial charge on any atom is -0.444 e. The lowest BCUT2D eigenvalue weighted by atomic mass is 9.86. The van der Waals surface area contributed by atoms with Crippen molar-refractivity contribution in [1.29, 1.82) is 0 Å². The quantitative estimate of drug-likeness (QED) is 0.0938. The lowest BCUT2D eigenvalue weighted by molar-refractivity contribution is -0.133. The number of carbonyl (C=O) groups excluding carboxylic acids is 5. The van der Waals surface area contributed by atoms with Crippen LogP contribution in [0.5, 0.6) is 0 Å². The average molecular weight is 764 g/mol. The second kappa shape index (κ2) is 23.5. The van der Waals surface area contributed by atoms with Crippen molar-refractivity contribution in [3.05, 3.63) is 35.9 Å². The number of amides is 5. The molecule has 0 aliphatic heterocycles. The maximum atomic E-state index is 13.9. The van der Waals surface area contributed by atoms with Crippen molar-refractivity contribution in [2.45, 2.75) is 144 Å². The minimum absolute atomic E-state index is 0.0647. The summed E-state index contributed by atoms with van der Waals surface area (Å²) in [4.78, 5) is 66.9. The molecule has 0 spiro atoms. The maximum Gasteiger partial charge on any atom is 0.408 e. The normalized spacial score (nSPS) is 15.3. The molecule has 0 saturated heterocycles. The van der Waals surface area contributed by atoms with Crippen molar-refractivity contribution >= 4 is 41.5 Å². The molecule has 0 heterocycles. The van der Waals surface area contributed by atoms with Gasteiger partial charge in [0, 0.05) is 12.5 Å². The largest absolute Gasteiger partial charge is 0.444 e. The Labute approximate surface area is 322 Å². The number of benzene rings is 1. The van der Waals surface area contributed by atoms with Gasteiger partial charge in [-0.2, -0.15) is 11.8 Å². The number of hydrogen-bond acceptors (Lipinski definition) is 8. The Hall–Kier alpha value is -3.32. The molecule has 12 nitrogen and oxygen atoms in total.